The van der Waals surface area contributed by atoms with E-state index in [0.29, 0.717) is 24.0 Å². The molecule has 2 N–H and O–H groups in total. The molecule has 0 unspecified atom stereocenters. The molecule has 12 heteroatoms. The molecule has 1 atom stereocenters. The molecule has 0 spiro atoms. The molecule has 0 radical (unpaired) electrons. The summed E-state index contributed by atoms with van der Waals surface area (Å²) in [6.45, 7) is 6.02. The zero-order valence-electron chi connectivity index (χ0n) is 20.2. The fourth-order valence-corrected chi connectivity index (χ4v) is 4.17. The van der Waals surface area contributed by atoms with Gasteiger partial charge in [-0.3, -0.25) is 9.59 Å². The summed E-state index contributed by atoms with van der Waals surface area (Å²) in [6, 6.07) is 4.43. The maximum atomic E-state index is 13.3. The Hall–Kier alpha value is -3.67. The number of fused-ring (bicyclic) bond motifs is 1. The molecule has 1 aliphatic rings. The molecule has 0 saturated carbocycles. The van der Waals surface area contributed by atoms with Gasteiger partial charge in [0.1, 0.15) is 23.5 Å². The second kappa shape index (κ2) is 9.41. The fourth-order valence-electron chi connectivity index (χ4n) is 4.17. The lowest BCUT2D eigenvalue weighted by Crippen LogP contribution is -2.54. The van der Waals surface area contributed by atoms with Crippen molar-refractivity contribution in [3.05, 3.63) is 41.4 Å². The van der Waals surface area contributed by atoms with E-state index >= 15 is 0 Å². The van der Waals surface area contributed by atoms with Crippen LogP contribution < -0.4 is 10.5 Å². The largest absolute Gasteiger partial charge is 0.494 e. The summed E-state index contributed by atoms with van der Waals surface area (Å²) in [7, 11) is 1.33. The van der Waals surface area contributed by atoms with Crippen LogP contribution in [0.15, 0.2) is 28.7 Å². The average molecular weight is 505 g/mol. The molecule has 36 heavy (non-hydrogen) atoms. The van der Waals surface area contributed by atoms with E-state index in [1.807, 2.05) is 13.8 Å². The average Bonchev–Trinajstić information content (AvgIpc) is 3.27. The van der Waals surface area contributed by atoms with Gasteiger partial charge in [0, 0.05) is 30.1 Å². The van der Waals surface area contributed by atoms with Gasteiger partial charge in [0.05, 0.1) is 13.2 Å². The highest BCUT2D eigenvalue weighted by Gasteiger charge is 2.35. The lowest BCUT2D eigenvalue weighted by atomic mass is 10.1. The molecule has 2 amide bonds. The van der Waals surface area contributed by atoms with Crippen molar-refractivity contribution in [2.24, 2.45) is 5.73 Å². The Morgan fingerprint density at radius 1 is 1.14 bits per heavy atom. The SMILES string of the molecule is COc1ccc(-c2nc(C(=O)N3CCN(C(C)C)C(=O)C3)c([C@H](C)N)o2)c2ccc(C(F)(F)F)nc12. The lowest BCUT2D eigenvalue weighted by Gasteiger charge is -2.36. The minimum absolute atomic E-state index is 0.00740. The van der Waals surface area contributed by atoms with Crippen molar-refractivity contribution < 1.29 is 31.9 Å². The smallest absolute Gasteiger partial charge is 0.433 e. The summed E-state index contributed by atoms with van der Waals surface area (Å²) in [6.07, 6.45) is -4.64. The number of nitrogens with zero attached hydrogens (tertiary/aromatic N) is 4. The first kappa shape index (κ1) is 25.4. The van der Waals surface area contributed by atoms with Gasteiger partial charge in [-0.2, -0.15) is 13.2 Å². The Kier molecular flexibility index (Phi) is 6.65. The Balaban J connectivity index is 1.77. The van der Waals surface area contributed by atoms with Crippen LogP contribution in [0.25, 0.3) is 22.4 Å². The monoisotopic (exact) mass is 505 g/mol. The number of benzene rings is 1. The quantitative estimate of drug-likeness (QED) is 0.563. The molecule has 2 aromatic heterocycles. The highest BCUT2D eigenvalue weighted by molar-refractivity contribution is 5.99. The van der Waals surface area contributed by atoms with Crippen molar-refractivity contribution in [2.75, 3.05) is 26.7 Å². The third-order valence-corrected chi connectivity index (χ3v) is 6.00. The Morgan fingerprint density at radius 2 is 1.86 bits per heavy atom. The second-order valence-corrected chi connectivity index (χ2v) is 8.83. The number of rotatable bonds is 5. The summed E-state index contributed by atoms with van der Waals surface area (Å²) in [5.74, 6) is -0.450. The second-order valence-electron chi connectivity index (χ2n) is 8.83. The van der Waals surface area contributed by atoms with Gasteiger partial charge >= 0.3 is 6.18 Å². The molecule has 0 aliphatic carbocycles. The number of carbonyl (C=O) groups is 2. The van der Waals surface area contributed by atoms with Crippen LogP contribution in [0.4, 0.5) is 13.2 Å². The number of hydrogen-bond acceptors (Lipinski definition) is 7. The third kappa shape index (κ3) is 4.60. The van der Waals surface area contributed by atoms with Gasteiger partial charge in [0.2, 0.25) is 11.8 Å². The number of piperazine rings is 1. The molecule has 192 valence electrons. The van der Waals surface area contributed by atoms with E-state index in [4.69, 9.17) is 14.9 Å². The first-order valence-electron chi connectivity index (χ1n) is 11.3. The minimum atomic E-state index is -4.64. The number of carbonyl (C=O) groups excluding carboxylic acids is 2. The number of ether oxygens (including phenoxy) is 1. The Labute approximate surface area is 205 Å². The molecular formula is C24H26F3N5O4. The summed E-state index contributed by atoms with van der Waals surface area (Å²) in [4.78, 5) is 37.0. The topological polar surface area (TPSA) is 115 Å². The standard InChI is InChI=1S/C24H26F3N5O4/c1-12(2)32-10-9-31(11-18(32)33)23(34)20-21(13(3)28)36-22(30-20)15-5-7-16(35-4)19-14(15)6-8-17(29-19)24(25,26)27/h5-8,12-13H,9-11,28H2,1-4H3/t13-/m0/s1. The molecule has 1 aromatic carbocycles. The number of methoxy groups -OCH3 is 1. The van der Waals surface area contributed by atoms with Crippen LogP contribution in [-0.4, -0.2) is 64.4 Å². The van der Waals surface area contributed by atoms with Crippen molar-refractivity contribution in [3.63, 3.8) is 0 Å². The molecule has 0 bridgehead atoms. The van der Waals surface area contributed by atoms with Crippen molar-refractivity contribution in [1.29, 1.82) is 0 Å². The van der Waals surface area contributed by atoms with Crippen LogP contribution >= 0.6 is 0 Å². The van der Waals surface area contributed by atoms with Crippen molar-refractivity contribution in [1.82, 2.24) is 19.8 Å². The van der Waals surface area contributed by atoms with E-state index in [9.17, 15) is 22.8 Å². The van der Waals surface area contributed by atoms with Crippen LogP contribution in [0.3, 0.4) is 0 Å². The van der Waals surface area contributed by atoms with Crippen molar-refractivity contribution >= 4 is 22.7 Å². The zero-order valence-corrected chi connectivity index (χ0v) is 20.2. The molecule has 3 aromatic rings. The van der Waals surface area contributed by atoms with Gasteiger partial charge in [-0.15, -0.1) is 0 Å². The first-order chi connectivity index (χ1) is 16.9. The highest BCUT2D eigenvalue weighted by Crippen LogP contribution is 2.37. The maximum absolute atomic E-state index is 13.3. The van der Waals surface area contributed by atoms with E-state index in [-0.39, 0.29) is 47.1 Å². The summed E-state index contributed by atoms with van der Waals surface area (Å²) in [5, 5.41) is 0.291. The Morgan fingerprint density at radius 3 is 2.44 bits per heavy atom. The van der Waals surface area contributed by atoms with E-state index in [0.717, 1.165) is 6.07 Å². The molecule has 1 saturated heterocycles. The van der Waals surface area contributed by atoms with E-state index in [1.165, 1.54) is 24.1 Å². The normalized spacial score (nSPS) is 15.6. The molecule has 4 rings (SSSR count). The number of amides is 2. The number of nitrogens with two attached hydrogens (primary N) is 1. The first-order valence-corrected chi connectivity index (χ1v) is 11.3. The van der Waals surface area contributed by atoms with Crippen LogP contribution in [0.2, 0.25) is 0 Å². The summed E-state index contributed by atoms with van der Waals surface area (Å²) in [5.41, 5.74) is 5.21. The van der Waals surface area contributed by atoms with Crippen LogP contribution in [0, 0.1) is 0 Å². The Bertz CT molecular complexity index is 1320. The zero-order chi connectivity index (χ0) is 26.4. The van der Waals surface area contributed by atoms with Gasteiger partial charge in [0.25, 0.3) is 5.91 Å². The lowest BCUT2D eigenvalue weighted by molar-refractivity contribution is -0.141. The van der Waals surface area contributed by atoms with E-state index in [1.54, 1.807) is 17.9 Å². The predicted molar refractivity (Wildman–Crippen MR) is 124 cm³/mol. The predicted octanol–water partition coefficient (Wildman–Crippen LogP) is 3.63. The molecule has 1 aliphatic heterocycles. The van der Waals surface area contributed by atoms with E-state index < -0.39 is 23.8 Å². The number of oxazole rings is 1. The number of hydrogen-bond donors (Lipinski definition) is 1. The van der Waals surface area contributed by atoms with Gasteiger partial charge in [0.15, 0.2) is 11.5 Å². The number of alkyl halides is 3. The minimum Gasteiger partial charge on any atom is -0.494 e. The highest BCUT2D eigenvalue weighted by atomic mass is 19.4. The number of aromatic nitrogens is 2. The number of pyridine rings is 1. The van der Waals surface area contributed by atoms with Crippen LogP contribution in [0.1, 0.15) is 48.8 Å². The third-order valence-electron chi connectivity index (χ3n) is 6.00. The summed E-state index contributed by atoms with van der Waals surface area (Å²) >= 11 is 0. The van der Waals surface area contributed by atoms with Gasteiger partial charge < -0.3 is 24.7 Å². The maximum Gasteiger partial charge on any atom is 0.433 e. The van der Waals surface area contributed by atoms with Crippen molar-refractivity contribution in [3.8, 4) is 17.2 Å². The molecule has 9 nitrogen and oxygen atoms in total. The number of halogens is 3. The fraction of sp³-hybridized carbons (Fsp3) is 0.417. The van der Waals surface area contributed by atoms with Crippen molar-refractivity contribution in [2.45, 2.75) is 39.0 Å². The van der Waals surface area contributed by atoms with Crippen LogP contribution in [-0.2, 0) is 11.0 Å². The summed E-state index contributed by atoms with van der Waals surface area (Å²) < 4.78 is 50.9. The molecule has 1 fully saturated rings. The molecule has 3 heterocycles. The van der Waals surface area contributed by atoms with Crippen LogP contribution in [0.5, 0.6) is 5.75 Å². The van der Waals surface area contributed by atoms with Gasteiger partial charge in [-0.05, 0) is 45.0 Å². The molecular weight excluding hydrogens is 479 g/mol. The van der Waals surface area contributed by atoms with E-state index in [2.05, 4.69) is 9.97 Å². The van der Waals surface area contributed by atoms with Gasteiger partial charge in [-0.25, -0.2) is 9.97 Å². The van der Waals surface area contributed by atoms with Gasteiger partial charge in [-0.1, -0.05) is 0 Å².